The van der Waals surface area contributed by atoms with Gasteiger partial charge in [0.15, 0.2) is 0 Å². The zero-order valence-electron chi connectivity index (χ0n) is 19.7. The second kappa shape index (κ2) is 13.5. The van der Waals surface area contributed by atoms with E-state index in [-0.39, 0.29) is 38.6 Å². The van der Waals surface area contributed by atoms with Crippen LogP contribution < -0.4 is 21.7 Å². The minimum atomic E-state index is -1.33. The van der Waals surface area contributed by atoms with Crippen molar-refractivity contribution in [2.24, 2.45) is 5.73 Å². The third-order valence-electron chi connectivity index (χ3n) is 5.06. The summed E-state index contributed by atoms with van der Waals surface area (Å²) in [7, 11) is 0. The molecular weight excluding hydrogens is 496 g/mol. The molecule has 1 unspecified atom stereocenters. The molecule has 0 bridgehead atoms. The SMILES string of the molecule is NC(=O)CNC(=O)CNC(=O)C(CCC(=O)ON1C(=O)CCC1=O)NC(=O)CCCN1C(=O)C=CC1=O. The summed E-state index contributed by atoms with van der Waals surface area (Å²) < 4.78 is 0. The first-order chi connectivity index (χ1) is 17.5. The molecule has 5 N–H and O–H groups in total. The second-order valence-electron chi connectivity index (χ2n) is 7.93. The highest BCUT2D eigenvalue weighted by molar-refractivity contribution is 6.12. The Balaban J connectivity index is 1.90. The maximum Gasteiger partial charge on any atom is 0.333 e. The summed E-state index contributed by atoms with van der Waals surface area (Å²) in [6, 6.07) is -1.33. The molecule has 0 aromatic heterocycles. The monoisotopic (exact) mass is 522 g/mol. The molecule has 0 aromatic rings. The lowest BCUT2D eigenvalue weighted by molar-refractivity contribution is -0.197. The van der Waals surface area contributed by atoms with Crippen LogP contribution in [0, 0.1) is 0 Å². The van der Waals surface area contributed by atoms with Gasteiger partial charge in [0.25, 0.3) is 23.6 Å². The van der Waals surface area contributed by atoms with Crippen LogP contribution in [0.5, 0.6) is 0 Å². The normalized spacial score (nSPS) is 15.6. The van der Waals surface area contributed by atoms with E-state index in [4.69, 9.17) is 10.6 Å². The van der Waals surface area contributed by atoms with Crippen LogP contribution in [0.15, 0.2) is 12.2 Å². The Bertz CT molecular complexity index is 1000. The lowest BCUT2D eigenvalue weighted by Gasteiger charge is -2.19. The van der Waals surface area contributed by atoms with E-state index in [1.807, 2.05) is 0 Å². The number of hydrogen-bond donors (Lipinski definition) is 4. The number of amides is 8. The number of hydrogen-bond acceptors (Lipinski definition) is 10. The maximum atomic E-state index is 12.6. The topological polar surface area (TPSA) is 231 Å². The van der Waals surface area contributed by atoms with E-state index < -0.39 is 78.8 Å². The fourth-order valence-corrected chi connectivity index (χ4v) is 3.19. The van der Waals surface area contributed by atoms with Gasteiger partial charge in [-0.05, 0) is 12.8 Å². The van der Waals surface area contributed by atoms with Crippen molar-refractivity contribution in [3.05, 3.63) is 12.2 Å². The predicted molar refractivity (Wildman–Crippen MR) is 119 cm³/mol. The highest BCUT2D eigenvalue weighted by Gasteiger charge is 2.33. The summed E-state index contributed by atoms with van der Waals surface area (Å²) in [6.45, 7) is -1.04. The van der Waals surface area contributed by atoms with Crippen molar-refractivity contribution in [1.82, 2.24) is 25.9 Å². The third-order valence-corrected chi connectivity index (χ3v) is 5.06. The smallest absolute Gasteiger partial charge is 0.333 e. The average molecular weight is 522 g/mol. The van der Waals surface area contributed by atoms with Crippen molar-refractivity contribution in [1.29, 1.82) is 0 Å². The van der Waals surface area contributed by atoms with Crippen LogP contribution >= 0.6 is 0 Å². The largest absolute Gasteiger partial charge is 0.368 e. The van der Waals surface area contributed by atoms with Gasteiger partial charge in [0.2, 0.25) is 23.6 Å². The van der Waals surface area contributed by atoms with Crippen molar-refractivity contribution in [3.8, 4) is 0 Å². The minimum Gasteiger partial charge on any atom is -0.368 e. The van der Waals surface area contributed by atoms with Crippen LogP contribution in [-0.2, 0) is 48.0 Å². The molecule has 37 heavy (non-hydrogen) atoms. The molecule has 2 rings (SSSR count). The molecule has 16 heteroatoms. The van der Waals surface area contributed by atoms with E-state index in [9.17, 15) is 43.2 Å². The molecule has 0 aromatic carbocycles. The van der Waals surface area contributed by atoms with E-state index in [0.717, 1.165) is 17.1 Å². The Morgan fingerprint density at radius 3 is 2.11 bits per heavy atom. The highest BCUT2D eigenvalue weighted by Crippen LogP contribution is 2.13. The molecule has 2 aliphatic rings. The molecule has 8 amide bonds. The highest BCUT2D eigenvalue weighted by atomic mass is 16.7. The first-order valence-corrected chi connectivity index (χ1v) is 11.2. The Hall–Kier alpha value is -4.63. The van der Waals surface area contributed by atoms with Crippen LogP contribution in [-0.4, -0.2) is 88.9 Å². The number of hydroxylamine groups is 2. The summed E-state index contributed by atoms with van der Waals surface area (Å²) in [4.78, 5) is 111. The summed E-state index contributed by atoms with van der Waals surface area (Å²) >= 11 is 0. The van der Waals surface area contributed by atoms with E-state index >= 15 is 0 Å². The van der Waals surface area contributed by atoms with Crippen LogP contribution in [0.1, 0.15) is 38.5 Å². The Morgan fingerprint density at radius 1 is 0.892 bits per heavy atom. The molecule has 1 atom stereocenters. The van der Waals surface area contributed by atoms with Crippen LogP contribution in [0.4, 0.5) is 0 Å². The number of carbonyl (C=O) groups is 9. The van der Waals surface area contributed by atoms with Gasteiger partial charge >= 0.3 is 5.97 Å². The van der Waals surface area contributed by atoms with Gasteiger partial charge in [-0.15, -0.1) is 5.06 Å². The van der Waals surface area contributed by atoms with E-state index in [0.29, 0.717) is 5.06 Å². The number of carbonyl (C=O) groups excluding carboxylic acids is 9. The molecule has 0 radical (unpaired) electrons. The Morgan fingerprint density at radius 2 is 1.51 bits per heavy atom. The lowest BCUT2D eigenvalue weighted by atomic mass is 10.1. The van der Waals surface area contributed by atoms with E-state index in [1.54, 1.807) is 0 Å². The Labute approximate surface area is 209 Å². The standard InChI is InChI=1S/C21H26N6O10/c22-13(28)10-23-15(30)11-24-21(36)12(3-8-20(35)37-27-18(33)6-7-19(27)34)25-14(29)2-1-9-26-16(31)4-5-17(26)32/h4-5,12H,1-3,6-11H2,(H2,22,28)(H,23,30)(H,24,36)(H,25,29). The summed E-state index contributed by atoms with van der Waals surface area (Å²) in [6.07, 6.45) is 1.12. The molecule has 0 saturated carbocycles. The van der Waals surface area contributed by atoms with Crippen LogP contribution in [0.2, 0.25) is 0 Å². The van der Waals surface area contributed by atoms with Crippen molar-refractivity contribution >= 4 is 53.2 Å². The van der Waals surface area contributed by atoms with Gasteiger partial charge < -0.3 is 26.5 Å². The molecule has 2 heterocycles. The maximum absolute atomic E-state index is 12.6. The first-order valence-electron chi connectivity index (χ1n) is 11.2. The van der Waals surface area contributed by atoms with Gasteiger partial charge in [-0.2, -0.15) is 0 Å². The quantitative estimate of drug-likeness (QED) is 0.163. The zero-order chi connectivity index (χ0) is 27.5. The van der Waals surface area contributed by atoms with Gasteiger partial charge in [0.1, 0.15) is 6.04 Å². The minimum absolute atomic E-state index is 0.0286. The molecule has 0 spiro atoms. The van der Waals surface area contributed by atoms with E-state index in [1.165, 1.54) is 0 Å². The number of rotatable bonds is 14. The van der Waals surface area contributed by atoms with Gasteiger partial charge in [-0.25, -0.2) is 4.79 Å². The van der Waals surface area contributed by atoms with Crippen LogP contribution in [0.3, 0.4) is 0 Å². The van der Waals surface area contributed by atoms with Gasteiger partial charge in [0.05, 0.1) is 19.5 Å². The number of imide groups is 2. The zero-order valence-corrected chi connectivity index (χ0v) is 19.7. The van der Waals surface area contributed by atoms with Gasteiger partial charge in [-0.1, -0.05) is 0 Å². The summed E-state index contributed by atoms with van der Waals surface area (Å²) in [5, 5.41) is 7.13. The van der Waals surface area contributed by atoms with Crippen LogP contribution in [0.25, 0.3) is 0 Å². The molecule has 1 saturated heterocycles. The number of nitrogens with one attached hydrogen (secondary N) is 3. The third kappa shape index (κ3) is 9.15. The van der Waals surface area contributed by atoms with Gasteiger partial charge in [0, 0.05) is 38.0 Å². The lowest BCUT2D eigenvalue weighted by Crippen LogP contribution is -2.49. The average Bonchev–Trinajstić information content (AvgIpc) is 3.33. The summed E-state index contributed by atoms with van der Waals surface area (Å²) in [5.41, 5.74) is 4.92. The number of nitrogens with two attached hydrogens (primary N) is 1. The number of primary amides is 1. The Kier molecular flexibility index (Phi) is 10.4. The van der Waals surface area contributed by atoms with Gasteiger partial charge in [-0.3, -0.25) is 43.3 Å². The van der Waals surface area contributed by atoms with Crippen molar-refractivity contribution in [2.75, 3.05) is 19.6 Å². The van der Waals surface area contributed by atoms with Crippen molar-refractivity contribution < 1.29 is 48.0 Å². The first kappa shape index (κ1) is 28.6. The number of nitrogens with zero attached hydrogens (tertiary/aromatic N) is 2. The molecular formula is C21H26N6O10. The van der Waals surface area contributed by atoms with E-state index in [2.05, 4.69) is 16.0 Å². The molecule has 2 aliphatic heterocycles. The second-order valence-corrected chi connectivity index (χ2v) is 7.93. The molecule has 200 valence electrons. The summed E-state index contributed by atoms with van der Waals surface area (Å²) in [5.74, 6) is -6.44. The molecule has 0 aliphatic carbocycles. The fourth-order valence-electron chi connectivity index (χ4n) is 3.19. The fraction of sp³-hybridized carbons (Fsp3) is 0.476. The van der Waals surface area contributed by atoms with Crippen molar-refractivity contribution in [2.45, 2.75) is 44.6 Å². The molecule has 16 nitrogen and oxygen atoms in total. The molecule has 1 fully saturated rings. The van der Waals surface area contributed by atoms with Crippen molar-refractivity contribution in [3.63, 3.8) is 0 Å². The predicted octanol–water partition coefficient (Wildman–Crippen LogP) is -3.72.